The maximum atomic E-state index is 11.9. The molecule has 1 aliphatic heterocycles. The van der Waals surface area contributed by atoms with E-state index in [1.807, 2.05) is 12.1 Å². The fraction of sp³-hybridized carbons (Fsp3) is 0.500. The zero-order valence-electron chi connectivity index (χ0n) is 10.1. The molecule has 0 aromatic heterocycles. The molecule has 0 amide bonds. The van der Waals surface area contributed by atoms with E-state index in [-0.39, 0.29) is 11.9 Å². The molecule has 1 saturated heterocycles. The minimum atomic E-state index is 0.190. The third-order valence-corrected chi connectivity index (χ3v) is 4.05. The van der Waals surface area contributed by atoms with Crippen molar-refractivity contribution in [1.82, 2.24) is 0 Å². The average molecular weight is 287 g/mol. The van der Waals surface area contributed by atoms with Gasteiger partial charge in [-0.2, -0.15) is 0 Å². The van der Waals surface area contributed by atoms with Gasteiger partial charge < -0.3 is 4.74 Å². The van der Waals surface area contributed by atoms with E-state index in [1.165, 1.54) is 0 Å². The molecule has 1 aromatic carbocycles. The Morgan fingerprint density at radius 2 is 2.22 bits per heavy atom. The van der Waals surface area contributed by atoms with E-state index in [0.717, 1.165) is 31.4 Å². The molecule has 1 heterocycles. The van der Waals surface area contributed by atoms with Gasteiger partial charge in [-0.15, -0.1) is 0 Å². The second kappa shape index (κ2) is 6.55. The first-order chi connectivity index (χ1) is 8.66. The molecule has 18 heavy (non-hydrogen) atoms. The van der Waals surface area contributed by atoms with Crippen LogP contribution >= 0.6 is 23.2 Å². The summed E-state index contributed by atoms with van der Waals surface area (Å²) in [5.74, 6) is 0.190. The van der Waals surface area contributed by atoms with Crippen LogP contribution in [0.5, 0.6) is 0 Å². The van der Waals surface area contributed by atoms with Gasteiger partial charge in [-0.05, 0) is 30.9 Å². The highest BCUT2D eigenvalue weighted by atomic mass is 35.5. The smallest absolute Gasteiger partial charge is 0.137 e. The summed E-state index contributed by atoms with van der Waals surface area (Å²) in [6, 6.07) is 5.39. The van der Waals surface area contributed by atoms with Crippen LogP contribution in [0.4, 0.5) is 0 Å². The van der Waals surface area contributed by atoms with Gasteiger partial charge >= 0.3 is 0 Å². The van der Waals surface area contributed by atoms with Crippen molar-refractivity contribution in [2.24, 2.45) is 0 Å². The quantitative estimate of drug-likeness (QED) is 0.816. The summed E-state index contributed by atoms with van der Waals surface area (Å²) >= 11 is 12.0. The maximum Gasteiger partial charge on any atom is 0.137 e. The summed E-state index contributed by atoms with van der Waals surface area (Å²) in [6.45, 7) is 0.832. The predicted octanol–water partition coefficient (Wildman–Crippen LogP) is 4.06. The molecule has 0 radical (unpaired) electrons. The van der Waals surface area contributed by atoms with E-state index in [9.17, 15) is 4.79 Å². The second-order valence-corrected chi connectivity index (χ2v) is 5.39. The highest BCUT2D eigenvalue weighted by Crippen LogP contribution is 2.26. The Hall–Kier alpha value is -0.570. The number of carbonyl (C=O) groups excluding carboxylic acids is 1. The van der Waals surface area contributed by atoms with E-state index in [4.69, 9.17) is 27.9 Å². The van der Waals surface area contributed by atoms with Crippen molar-refractivity contribution in [2.75, 3.05) is 6.61 Å². The van der Waals surface area contributed by atoms with Crippen molar-refractivity contribution in [3.63, 3.8) is 0 Å². The van der Waals surface area contributed by atoms with Gasteiger partial charge in [0, 0.05) is 19.4 Å². The van der Waals surface area contributed by atoms with Crippen LogP contribution in [0.25, 0.3) is 0 Å². The Bertz CT molecular complexity index is 426. The molecule has 2 rings (SSSR count). The summed E-state index contributed by atoms with van der Waals surface area (Å²) in [7, 11) is 0. The number of ether oxygens (including phenoxy) is 1. The molecular weight excluding hydrogens is 271 g/mol. The molecule has 0 N–H and O–H groups in total. The number of ketones is 1. The Balaban J connectivity index is 1.84. The highest BCUT2D eigenvalue weighted by molar-refractivity contribution is 6.42. The SMILES string of the molecule is O=C(CCC1CCCO1)Cc1cccc(Cl)c1Cl. The van der Waals surface area contributed by atoms with Crippen molar-refractivity contribution in [2.45, 2.75) is 38.2 Å². The Labute approximate surface area is 117 Å². The number of Topliss-reactive ketones (excluding diaryl/α,β-unsaturated/α-hetero) is 1. The van der Waals surface area contributed by atoms with Crippen LogP contribution in [-0.2, 0) is 16.0 Å². The van der Waals surface area contributed by atoms with Gasteiger partial charge in [0.05, 0.1) is 16.1 Å². The molecule has 98 valence electrons. The monoisotopic (exact) mass is 286 g/mol. The van der Waals surface area contributed by atoms with Crippen LogP contribution in [0, 0.1) is 0 Å². The normalized spacial score (nSPS) is 19.1. The van der Waals surface area contributed by atoms with Gasteiger partial charge in [0.2, 0.25) is 0 Å². The van der Waals surface area contributed by atoms with Crippen molar-refractivity contribution < 1.29 is 9.53 Å². The van der Waals surface area contributed by atoms with Crippen LogP contribution in [0.1, 0.15) is 31.2 Å². The molecule has 1 atom stereocenters. The molecule has 0 saturated carbocycles. The third-order valence-electron chi connectivity index (χ3n) is 3.19. The van der Waals surface area contributed by atoms with E-state index >= 15 is 0 Å². The first-order valence-electron chi connectivity index (χ1n) is 6.23. The topological polar surface area (TPSA) is 26.3 Å². The predicted molar refractivity (Wildman–Crippen MR) is 73.4 cm³/mol. The lowest BCUT2D eigenvalue weighted by molar-refractivity contribution is -0.119. The van der Waals surface area contributed by atoms with Crippen molar-refractivity contribution in [1.29, 1.82) is 0 Å². The van der Waals surface area contributed by atoms with Gasteiger partial charge in [0.1, 0.15) is 5.78 Å². The van der Waals surface area contributed by atoms with Gasteiger partial charge in [0.15, 0.2) is 0 Å². The number of rotatable bonds is 5. The molecule has 0 bridgehead atoms. The number of hydrogen-bond acceptors (Lipinski definition) is 2. The Kier molecular flexibility index (Phi) is 5.04. The molecule has 0 spiro atoms. The van der Waals surface area contributed by atoms with Crippen LogP contribution in [0.15, 0.2) is 18.2 Å². The zero-order chi connectivity index (χ0) is 13.0. The van der Waals surface area contributed by atoms with E-state index in [2.05, 4.69) is 0 Å². The lowest BCUT2D eigenvalue weighted by Gasteiger charge is -2.09. The van der Waals surface area contributed by atoms with E-state index in [1.54, 1.807) is 6.07 Å². The second-order valence-electron chi connectivity index (χ2n) is 4.60. The maximum absolute atomic E-state index is 11.9. The minimum absolute atomic E-state index is 0.190. The summed E-state index contributed by atoms with van der Waals surface area (Å²) < 4.78 is 5.50. The standard InChI is InChI=1S/C14H16Cl2O2/c15-13-5-1-3-10(14(13)16)9-11(17)6-7-12-4-2-8-18-12/h1,3,5,12H,2,4,6-9H2. The Morgan fingerprint density at radius 1 is 1.39 bits per heavy atom. The summed E-state index contributed by atoms with van der Waals surface area (Å²) in [5, 5.41) is 0.991. The molecule has 2 nitrogen and oxygen atoms in total. The summed E-state index contributed by atoms with van der Waals surface area (Å²) in [5.41, 5.74) is 0.807. The molecule has 0 aliphatic carbocycles. The van der Waals surface area contributed by atoms with Gasteiger partial charge in [0.25, 0.3) is 0 Å². The molecule has 1 fully saturated rings. The number of hydrogen-bond donors (Lipinski definition) is 0. The highest BCUT2D eigenvalue weighted by Gasteiger charge is 2.17. The lowest BCUT2D eigenvalue weighted by Crippen LogP contribution is -2.10. The van der Waals surface area contributed by atoms with Crippen LogP contribution < -0.4 is 0 Å². The van der Waals surface area contributed by atoms with Gasteiger partial charge in [-0.3, -0.25) is 4.79 Å². The third kappa shape index (κ3) is 3.71. The van der Waals surface area contributed by atoms with E-state index < -0.39 is 0 Å². The summed E-state index contributed by atoms with van der Waals surface area (Å²) in [6.07, 6.45) is 4.17. The average Bonchev–Trinajstić information content (AvgIpc) is 2.86. The fourth-order valence-electron chi connectivity index (χ4n) is 2.18. The Morgan fingerprint density at radius 3 is 2.94 bits per heavy atom. The molecule has 1 unspecified atom stereocenters. The van der Waals surface area contributed by atoms with Crippen LogP contribution in [0.2, 0.25) is 10.0 Å². The van der Waals surface area contributed by atoms with Gasteiger partial charge in [-0.25, -0.2) is 0 Å². The van der Waals surface area contributed by atoms with Crippen LogP contribution in [-0.4, -0.2) is 18.5 Å². The lowest BCUT2D eigenvalue weighted by atomic mass is 10.0. The van der Waals surface area contributed by atoms with Crippen molar-refractivity contribution in [3.8, 4) is 0 Å². The molecule has 1 aliphatic rings. The minimum Gasteiger partial charge on any atom is -0.378 e. The fourth-order valence-corrected chi connectivity index (χ4v) is 2.57. The van der Waals surface area contributed by atoms with Crippen LogP contribution in [0.3, 0.4) is 0 Å². The largest absolute Gasteiger partial charge is 0.378 e. The molecular formula is C14H16Cl2O2. The molecule has 4 heteroatoms. The first-order valence-corrected chi connectivity index (χ1v) is 6.98. The molecule has 1 aromatic rings. The summed E-state index contributed by atoms with van der Waals surface area (Å²) in [4.78, 5) is 11.9. The number of carbonyl (C=O) groups is 1. The number of benzene rings is 1. The number of halogens is 2. The van der Waals surface area contributed by atoms with Crippen molar-refractivity contribution in [3.05, 3.63) is 33.8 Å². The van der Waals surface area contributed by atoms with Crippen molar-refractivity contribution >= 4 is 29.0 Å². The zero-order valence-corrected chi connectivity index (χ0v) is 11.6. The van der Waals surface area contributed by atoms with E-state index in [0.29, 0.717) is 22.9 Å². The van der Waals surface area contributed by atoms with Gasteiger partial charge in [-0.1, -0.05) is 35.3 Å². The first kappa shape index (κ1) is 13.9.